The Hall–Kier alpha value is -0.120. The van der Waals surface area contributed by atoms with Gasteiger partial charge < -0.3 is 4.74 Å². The third kappa shape index (κ3) is 3.44. The maximum Gasteiger partial charge on any atom is 0.155 e. The van der Waals surface area contributed by atoms with Crippen LogP contribution in [0.25, 0.3) is 0 Å². The summed E-state index contributed by atoms with van der Waals surface area (Å²) in [6, 6.07) is -0.175. The average molecular weight is 234 g/mol. The Bertz CT molecular complexity index is 237. The highest BCUT2D eigenvalue weighted by molar-refractivity contribution is 6.20. The Labute approximate surface area is 96.5 Å². The van der Waals surface area contributed by atoms with Crippen LogP contribution in [-0.2, 0) is 9.53 Å². The Kier molecular flexibility index (Phi) is 4.15. The molecule has 0 aliphatic carbocycles. The van der Waals surface area contributed by atoms with Crippen molar-refractivity contribution in [3.05, 3.63) is 0 Å². The summed E-state index contributed by atoms with van der Waals surface area (Å²) in [6.45, 7) is 5.78. The van der Waals surface area contributed by atoms with E-state index in [1.165, 1.54) is 0 Å². The van der Waals surface area contributed by atoms with E-state index in [9.17, 15) is 4.79 Å². The van der Waals surface area contributed by atoms with Crippen molar-refractivity contribution < 1.29 is 9.53 Å². The van der Waals surface area contributed by atoms with Gasteiger partial charge in [0.2, 0.25) is 0 Å². The van der Waals surface area contributed by atoms with Crippen LogP contribution in [0, 0.1) is 5.41 Å². The topological polar surface area (TPSA) is 38.3 Å². The quantitative estimate of drug-likeness (QED) is 0.585. The minimum absolute atomic E-state index is 0.0880. The monoisotopic (exact) mass is 233 g/mol. The van der Waals surface area contributed by atoms with Gasteiger partial charge >= 0.3 is 0 Å². The van der Waals surface area contributed by atoms with Crippen molar-refractivity contribution in [3.8, 4) is 0 Å². The van der Waals surface area contributed by atoms with Crippen molar-refractivity contribution in [2.75, 3.05) is 7.11 Å². The van der Waals surface area contributed by atoms with Crippen LogP contribution in [0.3, 0.4) is 0 Å². The molecule has 0 radical (unpaired) electrons. The van der Waals surface area contributed by atoms with Crippen LogP contribution in [0.2, 0.25) is 0 Å². The van der Waals surface area contributed by atoms with Crippen LogP contribution in [0.1, 0.15) is 33.6 Å². The van der Waals surface area contributed by atoms with Gasteiger partial charge in [-0.25, -0.2) is 0 Å². The van der Waals surface area contributed by atoms with Gasteiger partial charge in [-0.05, 0) is 6.42 Å². The van der Waals surface area contributed by atoms with Gasteiger partial charge in [-0.15, -0.1) is 11.6 Å². The largest absolute Gasteiger partial charge is 0.381 e. The van der Waals surface area contributed by atoms with Gasteiger partial charge in [-0.1, -0.05) is 20.8 Å². The Morgan fingerprint density at radius 1 is 1.40 bits per heavy atom. The molecule has 0 saturated carbocycles. The fourth-order valence-corrected chi connectivity index (χ4v) is 2.19. The van der Waals surface area contributed by atoms with E-state index < -0.39 is 0 Å². The van der Waals surface area contributed by atoms with E-state index in [-0.39, 0.29) is 28.8 Å². The molecule has 1 aliphatic heterocycles. The van der Waals surface area contributed by atoms with E-state index >= 15 is 0 Å². The summed E-state index contributed by atoms with van der Waals surface area (Å²) in [5.41, 5.74) is -0.496. The number of Topliss-reactive ketones (excluding diaryl/α,β-unsaturated/α-hetero) is 1. The number of rotatable bonds is 2. The fraction of sp³-hybridized carbons (Fsp3) is 0.909. The summed E-state index contributed by atoms with van der Waals surface area (Å²) in [4.78, 5) is 12.0. The molecule has 0 amide bonds. The van der Waals surface area contributed by atoms with Crippen molar-refractivity contribution in [1.29, 1.82) is 0 Å². The number of carbonyl (C=O) groups excluding carboxylic acids is 1. The van der Waals surface area contributed by atoms with Gasteiger partial charge in [0.1, 0.15) is 0 Å². The minimum Gasteiger partial charge on any atom is -0.381 e. The van der Waals surface area contributed by atoms with Gasteiger partial charge in [-0.2, -0.15) is 0 Å². The van der Waals surface area contributed by atoms with Crippen LogP contribution < -0.4 is 5.32 Å². The molecular weight excluding hydrogens is 214 g/mol. The SMILES string of the molecule is COC1CC(Cl)NC(C(=O)C(C)(C)C)C1. The molecule has 3 atom stereocenters. The zero-order valence-corrected chi connectivity index (χ0v) is 10.6. The summed E-state index contributed by atoms with van der Waals surface area (Å²) in [5.74, 6) is 0.204. The molecule has 0 bridgehead atoms. The minimum atomic E-state index is -0.329. The summed E-state index contributed by atoms with van der Waals surface area (Å²) < 4.78 is 5.28. The zero-order chi connectivity index (χ0) is 11.6. The van der Waals surface area contributed by atoms with Crippen molar-refractivity contribution in [1.82, 2.24) is 5.32 Å². The molecule has 15 heavy (non-hydrogen) atoms. The third-order valence-electron chi connectivity index (χ3n) is 2.74. The average Bonchev–Trinajstić information content (AvgIpc) is 2.14. The predicted molar refractivity (Wildman–Crippen MR) is 61.1 cm³/mol. The number of alkyl halides is 1. The molecule has 1 heterocycles. The fourth-order valence-electron chi connectivity index (χ4n) is 1.84. The van der Waals surface area contributed by atoms with Crippen LogP contribution >= 0.6 is 11.6 Å². The number of hydrogen-bond acceptors (Lipinski definition) is 3. The van der Waals surface area contributed by atoms with Gasteiger partial charge in [0.25, 0.3) is 0 Å². The Morgan fingerprint density at radius 3 is 2.47 bits per heavy atom. The second-order valence-corrected chi connectivity index (χ2v) is 5.66. The van der Waals surface area contributed by atoms with Crippen molar-refractivity contribution in [2.24, 2.45) is 5.41 Å². The molecule has 3 unspecified atom stereocenters. The molecule has 0 aromatic rings. The van der Waals surface area contributed by atoms with Crippen LogP contribution in [0.4, 0.5) is 0 Å². The maximum atomic E-state index is 12.0. The van der Waals surface area contributed by atoms with Crippen LogP contribution in [0.15, 0.2) is 0 Å². The molecule has 0 spiro atoms. The number of hydrogen-bond donors (Lipinski definition) is 1. The lowest BCUT2D eigenvalue weighted by molar-refractivity contribution is -0.130. The Morgan fingerprint density at radius 2 is 2.00 bits per heavy atom. The number of ketones is 1. The molecule has 1 N–H and O–H groups in total. The van der Waals surface area contributed by atoms with E-state index in [4.69, 9.17) is 16.3 Å². The molecule has 1 fully saturated rings. The number of nitrogens with one attached hydrogen (secondary N) is 1. The number of halogens is 1. The van der Waals surface area contributed by atoms with Crippen LogP contribution in [0.5, 0.6) is 0 Å². The van der Waals surface area contributed by atoms with Gasteiger partial charge in [-0.3, -0.25) is 10.1 Å². The van der Waals surface area contributed by atoms with Crippen molar-refractivity contribution in [2.45, 2.75) is 51.3 Å². The summed E-state index contributed by atoms with van der Waals surface area (Å²) >= 11 is 6.04. The molecule has 0 aromatic heterocycles. The number of carbonyl (C=O) groups is 1. The standard InChI is InChI=1S/C11H20ClNO2/c1-11(2,3)10(14)8-5-7(15-4)6-9(12)13-8/h7-9,13H,5-6H2,1-4H3. The number of methoxy groups -OCH3 is 1. The number of ether oxygens (including phenoxy) is 1. The molecule has 1 aliphatic rings. The second-order valence-electron chi connectivity index (χ2n) is 5.13. The predicted octanol–water partition coefficient (Wildman–Crippen LogP) is 1.93. The highest BCUT2D eigenvalue weighted by Crippen LogP contribution is 2.25. The van der Waals surface area contributed by atoms with Gasteiger partial charge in [0.05, 0.1) is 17.6 Å². The first-order chi connectivity index (χ1) is 6.84. The van der Waals surface area contributed by atoms with Gasteiger partial charge in [0.15, 0.2) is 5.78 Å². The summed E-state index contributed by atoms with van der Waals surface area (Å²) in [5, 5.41) is 3.12. The zero-order valence-electron chi connectivity index (χ0n) is 9.84. The van der Waals surface area contributed by atoms with E-state index in [2.05, 4.69) is 5.32 Å². The molecule has 0 aromatic carbocycles. The molecular formula is C11H20ClNO2. The smallest absolute Gasteiger partial charge is 0.155 e. The maximum absolute atomic E-state index is 12.0. The first-order valence-electron chi connectivity index (χ1n) is 5.32. The first kappa shape index (κ1) is 12.9. The molecule has 88 valence electrons. The van der Waals surface area contributed by atoms with E-state index in [0.29, 0.717) is 0 Å². The normalized spacial score (nSPS) is 32.7. The lowest BCUT2D eigenvalue weighted by Crippen LogP contribution is -2.52. The number of piperidine rings is 1. The van der Waals surface area contributed by atoms with Crippen LogP contribution in [-0.4, -0.2) is 30.5 Å². The van der Waals surface area contributed by atoms with Gasteiger partial charge in [0, 0.05) is 18.9 Å². The molecule has 1 saturated heterocycles. The first-order valence-corrected chi connectivity index (χ1v) is 5.75. The van der Waals surface area contributed by atoms with E-state index in [1.54, 1.807) is 7.11 Å². The second kappa shape index (κ2) is 4.81. The molecule has 3 nitrogen and oxygen atoms in total. The molecule has 1 rings (SSSR count). The highest BCUT2D eigenvalue weighted by Gasteiger charge is 2.36. The summed E-state index contributed by atoms with van der Waals surface area (Å²) in [7, 11) is 1.66. The lowest BCUT2D eigenvalue weighted by Gasteiger charge is -2.34. The van der Waals surface area contributed by atoms with Crippen molar-refractivity contribution in [3.63, 3.8) is 0 Å². The van der Waals surface area contributed by atoms with E-state index in [1.807, 2.05) is 20.8 Å². The van der Waals surface area contributed by atoms with E-state index in [0.717, 1.165) is 12.8 Å². The summed E-state index contributed by atoms with van der Waals surface area (Å²) in [6.07, 6.45) is 1.56. The Balaban J connectivity index is 2.66. The molecule has 4 heteroatoms. The highest BCUT2D eigenvalue weighted by atomic mass is 35.5. The third-order valence-corrected chi connectivity index (χ3v) is 3.04. The lowest BCUT2D eigenvalue weighted by atomic mass is 9.83. The van der Waals surface area contributed by atoms with Crippen molar-refractivity contribution >= 4 is 17.4 Å².